The predicted octanol–water partition coefficient (Wildman–Crippen LogP) is 6.72. The third-order valence-corrected chi connectivity index (χ3v) is 6.88. The molecule has 5 rings (SSSR count). The normalized spacial score (nSPS) is 15.1. The first-order chi connectivity index (χ1) is 17.0. The third kappa shape index (κ3) is 4.55. The topological polar surface area (TPSA) is 66.7 Å². The van der Waals surface area contributed by atoms with Crippen molar-refractivity contribution in [1.29, 1.82) is 0 Å². The van der Waals surface area contributed by atoms with Crippen LogP contribution in [0.15, 0.2) is 108 Å². The molecule has 1 heterocycles. The summed E-state index contributed by atoms with van der Waals surface area (Å²) in [6.07, 6.45) is -0.424. The van der Waals surface area contributed by atoms with Crippen LogP contribution in [0.5, 0.6) is 0 Å². The van der Waals surface area contributed by atoms with E-state index in [1.165, 1.54) is 12.1 Å². The molecule has 0 N–H and O–H groups in total. The van der Waals surface area contributed by atoms with E-state index >= 15 is 0 Å². The molecule has 0 spiro atoms. The molecule has 0 fully saturated rings. The lowest BCUT2D eigenvalue weighted by Crippen LogP contribution is -2.49. The van der Waals surface area contributed by atoms with E-state index in [9.17, 15) is 14.9 Å². The van der Waals surface area contributed by atoms with Gasteiger partial charge in [-0.2, -0.15) is 0 Å². The number of fused-ring (bicyclic) bond motifs is 1. The highest BCUT2D eigenvalue weighted by Gasteiger charge is 2.40. The first kappa shape index (κ1) is 22.8. The van der Waals surface area contributed by atoms with Gasteiger partial charge in [0.05, 0.1) is 16.2 Å². The van der Waals surface area contributed by atoms with Crippen molar-refractivity contribution in [2.45, 2.75) is 19.3 Å². The fourth-order valence-corrected chi connectivity index (χ4v) is 5.03. The molecule has 1 aliphatic rings. The molecule has 1 amide bonds. The van der Waals surface area contributed by atoms with Gasteiger partial charge in [0.25, 0.3) is 11.6 Å². The maximum atomic E-state index is 14.0. The van der Waals surface area contributed by atoms with Crippen molar-refractivity contribution in [3.8, 4) is 0 Å². The number of non-ortho nitro benzene ring substituents is 1. The number of hydrogen-bond donors (Lipinski definition) is 0. The molecule has 0 saturated carbocycles. The first-order valence-electron chi connectivity index (χ1n) is 11.2. The Labute approximate surface area is 211 Å². The Balaban J connectivity index is 1.71. The fourth-order valence-electron chi connectivity index (χ4n) is 4.54. The van der Waals surface area contributed by atoms with E-state index in [0.717, 1.165) is 21.2 Å². The van der Waals surface area contributed by atoms with E-state index in [1.54, 1.807) is 11.0 Å². The highest BCUT2D eigenvalue weighted by molar-refractivity contribution is 9.10. The quantitative estimate of drug-likeness (QED) is 0.206. The predicted molar refractivity (Wildman–Crippen MR) is 139 cm³/mol. The molecule has 6 nitrogen and oxygen atoms in total. The van der Waals surface area contributed by atoms with Crippen molar-refractivity contribution in [3.05, 3.63) is 140 Å². The van der Waals surface area contributed by atoms with Crippen molar-refractivity contribution in [2.75, 3.05) is 4.90 Å². The summed E-state index contributed by atoms with van der Waals surface area (Å²) in [5.41, 5.74) is 3.89. The Morgan fingerprint density at radius 1 is 0.771 bits per heavy atom. The van der Waals surface area contributed by atoms with Crippen LogP contribution in [0.1, 0.15) is 33.2 Å². The van der Waals surface area contributed by atoms with E-state index in [-0.39, 0.29) is 11.6 Å². The highest BCUT2D eigenvalue weighted by atomic mass is 79.9. The molecule has 0 aromatic heterocycles. The average Bonchev–Trinajstić information content (AvgIpc) is 2.88. The molecule has 0 bridgehead atoms. The van der Waals surface area contributed by atoms with Gasteiger partial charge in [-0.3, -0.25) is 14.9 Å². The molecule has 1 atom stereocenters. The smallest absolute Gasteiger partial charge is 0.270 e. The number of halogens is 1. The molecule has 7 heteroatoms. The second-order valence-corrected chi connectivity index (χ2v) is 9.24. The summed E-state index contributed by atoms with van der Waals surface area (Å²) in [5, 5.41) is 11.5. The minimum atomic E-state index is -0.462. The molecular formula is C28H22BrN3O3. The Morgan fingerprint density at radius 2 is 1.34 bits per heavy atom. The van der Waals surface area contributed by atoms with E-state index < -0.39 is 11.1 Å². The standard InChI is InChI=1S/C28H22BrN3O3/c29-25-14-8-7-13-23(25)27-30(18-20-9-3-1-4-10-20)26-16-15-22(32(34)35)17-24(26)28(33)31(27)19-21-11-5-2-6-12-21/h1-17,27H,18-19H2/t27-/m1/s1. The van der Waals surface area contributed by atoms with E-state index in [1.807, 2.05) is 84.9 Å². The zero-order chi connectivity index (χ0) is 24.4. The number of nitrogens with zero attached hydrogens (tertiary/aromatic N) is 3. The molecule has 0 radical (unpaired) electrons. The molecule has 4 aromatic rings. The van der Waals surface area contributed by atoms with Gasteiger partial charge in [0, 0.05) is 35.3 Å². The summed E-state index contributed by atoms with van der Waals surface area (Å²) in [7, 11) is 0. The van der Waals surface area contributed by atoms with Crippen LogP contribution in [0, 0.1) is 10.1 Å². The average molecular weight is 528 g/mol. The zero-order valence-corrected chi connectivity index (χ0v) is 20.3. The first-order valence-corrected chi connectivity index (χ1v) is 12.0. The van der Waals surface area contributed by atoms with Gasteiger partial charge in [0.15, 0.2) is 0 Å². The molecule has 1 aliphatic heterocycles. The SMILES string of the molecule is O=C1c2cc([N+](=O)[O-])ccc2N(Cc2ccccc2)[C@@H](c2ccccc2Br)N1Cc1ccccc1. The van der Waals surface area contributed by atoms with Crippen LogP contribution >= 0.6 is 15.9 Å². The summed E-state index contributed by atoms with van der Waals surface area (Å²) >= 11 is 3.69. The summed E-state index contributed by atoms with van der Waals surface area (Å²) in [6, 6.07) is 32.2. The summed E-state index contributed by atoms with van der Waals surface area (Å²) in [4.78, 5) is 29.0. The van der Waals surface area contributed by atoms with Crippen molar-refractivity contribution >= 4 is 33.2 Å². The van der Waals surface area contributed by atoms with Gasteiger partial charge in [-0.1, -0.05) is 94.8 Å². The summed E-state index contributed by atoms with van der Waals surface area (Å²) < 4.78 is 0.888. The second kappa shape index (κ2) is 9.72. The molecule has 0 aliphatic carbocycles. The van der Waals surface area contributed by atoms with E-state index in [0.29, 0.717) is 24.3 Å². The summed E-state index contributed by atoms with van der Waals surface area (Å²) in [6.45, 7) is 0.884. The fraction of sp³-hybridized carbons (Fsp3) is 0.107. The van der Waals surface area contributed by atoms with Crippen LogP contribution in [-0.2, 0) is 13.1 Å². The van der Waals surface area contributed by atoms with Crippen LogP contribution in [0.25, 0.3) is 0 Å². The number of benzene rings is 4. The largest absolute Gasteiger partial charge is 0.342 e. The van der Waals surface area contributed by atoms with E-state index in [2.05, 4.69) is 20.8 Å². The van der Waals surface area contributed by atoms with Gasteiger partial charge in [-0.15, -0.1) is 0 Å². The maximum absolute atomic E-state index is 14.0. The molecule has 4 aromatic carbocycles. The Bertz CT molecular complexity index is 1380. The number of anilines is 1. The van der Waals surface area contributed by atoms with Crippen LogP contribution in [-0.4, -0.2) is 15.7 Å². The number of carbonyl (C=O) groups excluding carboxylic acids is 1. The van der Waals surface area contributed by atoms with E-state index in [4.69, 9.17) is 0 Å². The van der Waals surface area contributed by atoms with Crippen LogP contribution in [0.3, 0.4) is 0 Å². The van der Waals surface area contributed by atoms with Gasteiger partial charge in [0.2, 0.25) is 0 Å². The van der Waals surface area contributed by atoms with Gasteiger partial charge < -0.3 is 9.80 Å². The number of rotatable bonds is 6. The molecule has 0 unspecified atom stereocenters. The highest BCUT2D eigenvalue weighted by Crippen LogP contribution is 2.43. The minimum absolute atomic E-state index is 0.101. The molecule has 35 heavy (non-hydrogen) atoms. The molecule has 0 saturated heterocycles. The maximum Gasteiger partial charge on any atom is 0.270 e. The second-order valence-electron chi connectivity index (χ2n) is 8.39. The Morgan fingerprint density at radius 3 is 1.94 bits per heavy atom. The monoisotopic (exact) mass is 527 g/mol. The van der Waals surface area contributed by atoms with Crippen LogP contribution < -0.4 is 4.90 Å². The van der Waals surface area contributed by atoms with Gasteiger partial charge in [-0.25, -0.2) is 0 Å². The van der Waals surface area contributed by atoms with Crippen molar-refractivity contribution in [2.24, 2.45) is 0 Å². The zero-order valence-electron chi connectivity index (χ0n) is 18.8. The Hall–Kier alpha value is -3.97. The number of hydrogen-bond acceptors (Lipinski definition) is 4. The number of nitro groups is 1. The minimum Gasteiger partial charge on any atom is -0.342 e. The Kier molecular flexibility index (Phi) is 6.33. The van der Waals surface area contributed by atoms with Crippen molar-refractivity contribution in [1.82, 2.24) is 4.90 Å². The van der Waals surface area contributed by atoms with Gasteiger partial charge >= 0.3 is 0 Å². The lowest BCUT2D eigenvalue weighted by Gasteiger charge is -2.46. The number of nitro benzene ring substituents is 1. The summed E-state index contributed by atoms with van der Waals surface area (Å²) in [5.74, 6) is -0.238. The molecule has 174 valence electrons. The number of carbonyl (C=O) groups is 1. The van der Waals surface area contributed by atoms with Gasteiger partial charge in [-0.05, 0) is 23.3 Å². The lowest BCUT2D eigenvalue weighted by atomic mass is 9.98. The third-order valence-electron chi connectivity index (χ3n) is 6.16. The van der Waals surface area contributed by atoms with Gasteiger partial charge in [0.1, 0.15) is 6.17 Å². The lowest BCUT2D eigenvalue weighted by molar-refractivity contribution is -0.384. The van der Waals surface area contributed by atoms with Crippen LogP contribution in [0.4, 0.5) is 11.4 Å². The van der Waals surface area contributed by atoms with Crippen molar-refractivity contribution in [3.63, 3.8) is 0 Å². The molecular weight excluding hydrogens is 506 g/mol. The van der Waals surface area contributed by atoms with Crippen LogP contribution in [0.2, 0.25) is 0 Å². The number of amides is 1. The van der Waals surface area contributed by atoms with Crippen molar-refractivity contribution < 1.29 is 9.72 Å².